The smallest absolute Gasteiger partial charge is 0.266 e. The average molecular weight is 370 g/mol. The van der Waals surface area contributed by atoms with Crippen LogP contribution >= 0.6 is 0 Å². The molecule has 2 rings (SSSR count). The molecule has 0 saturated heterocycles. The van der Waals surface area contributed by atoms with Gasteiger partial charge in [-0.2, -0.15) is 0 Å². The molecule has 0 atom stereocenters. The molecule has 2 N–H and O–H groups in total. The number of carbonyl (C=O) groups excluding carboxylic acids is 1. The number of ether oxygens (including phenoxy) is 1. The number of rotatable bonds is 6. The Bertz CT molecular complexity index is 881. The molecule has 0 radical (unpaired) electrons. The lowest BCUT2D eigenvalue weighted by atomic mass is 10.1. The molecule has 0 unspecified atom stereocenters. The highest BCUT2D eigenvalue weighted by atomic mass is 32.2. The van der Waals surface area contributed by atoms with Crippen LogP contribution in [0.4, 0.5) is 8.78 Å². The number of hydrazine groups is 1. The first kappa shape index (κ1) is 18.8. The molecule has 2 aromatic rings. The number of carbonyl (C=O) groups is 1. The van der Waals surface area contributed by atoms with Crippen LogP contribution in [0.15, 0.2) is 41.3 Å². The summed E-state index contributed by atoms with van der Waals surface area (Å²) in [7, 11) is -4.62. The molecule has 0 heterocycles. The van der Waals surface area contributed by atoms with Crippen LogP contribution in [0.3, 0.4) is 0 Å². The molecule has 1 amide bonds. The fraction of sp³-hybridized carbons (Fsp3) is 0.188. The van der Waals surface area contributed by atoms with Crippen LogP contribution in [-0.2, 0) is 10.0 Å². The summed E-state index contributed by atoms with van der Waals surface area (Å²) in [4.78, 5) is 12.6. The molecule has 0 saturated carbocycles. The van der Waals surface area contributed by atoms with Crippen molar-refractivity contribution in [1.29, 1.82) is 0 Å². The topological polar surface area (TPSA) is 84.5 Å². The van der Waals surface area contributed by atoms with E-state index in [9.17, 15) is 22.0 Å². The summed E-state index contributed by atoms with van der Waals surface area (Å²) in [5.74, 6) is -2.90. The number of hydrogen-bond donors (Lipinski definition) is 2. The van der Waals surface area contributed by atoms with E-state index in [0.29, 0.717) is 12.4 Å². The van der Waals surface area contributed by atoms with Gasteiger partial charge >= 0.3 is 0 Å². The van der Waals surface area contributed by atoms with E-state index in [1.165, 1.54) is 12.1 Å². The Morgan fingerprint density at radius 1 is 1.16 bits per heavy atom. The highest BCUT2D eigenvalue weighted by Crippen LogP contribution is 2.18. The van der Waals surface area contributed by atoms with Crippen LogP contribution in [-0.4, -0.2) is 20.9 Å². The summed E-state index contributed by atoms with van der Waals surface area (Å²) >= 11 is 0. The van der Waals surface area contributed by atoms with Crippen LogP contribution < -0.4 is 15.0 Å². The van der Waals surface area contributed by atoms with Gasteiger partial charge < -0.3 is 4.74 Å². The number of amides is 1. The molecule has 9 heteroatoms. The first-order valence-electron chi connectivity index (χ1n) is 7.25. The van der Waals surface area contributed by atoms with Crippen molar-refractivity contribution >= 4 is 15.9 Å². The van der Waals surface area contributed by atoms with Crippen molar-refractivity contribution < 1.29 is 26.7 Å². The third-order valence-electron chi connectivity index (χ3n) is 3.11. The van der Waals surface area contributed by atoms with Crippen LogP contribution in [0.5, 0.6) is 5.75 Å². The standard InChI is InChI=1S/C16H16F2N2O4S/c1-3-24-12-8-10(2)7-11(9-12)16(21)19-20-25(22,23)15-13(17)5-4-6-14(15)18/h4-9,20H,3H2,1-2H3,(H,19,21). The first-order valence-corrected chi connectivity index (χ1v) is 8.73. The molecule has 0 bridgehead atoms. The third-order valence-corrected chi connectivity index (χ3v) is 4.41. The quantitative estimate of drug-likeness (QED) is 0.764. The van der Waals surface area contributed by atoms with Crippen molar-refractivity contribution in [1.82, 2.24) is 10.3 Å². The number of hydrogen-bond acceptors (Lipinski definition) is 4. The van der Waals surface area contributed by atoms with Gasteiger partial charge in [0, 0.05) is 5.56 Å². The molecular weight excluding hydrogens is 354 g/mol. The minimum Gasteiger partial charge on any atom is -0.494 e. The van der Waals surface area contributed by atoms with Crippen LogP contribution in [0.2, 0.25) is 0 Å². The zero-order chi connectivity index (χ0) is 18.6. The molecule has 2 aromatic carbocycles. The monoisotopic (exact) mass is 370 g/mol. The summed E-state index contributed by atoms with van der Waals surface area (Å²) in [5, 5.41) is 0. The number of benzene rings is 2. The van der Waals surface area contributed by atoms with E-state index < -0.39 is 32.5 Å². The molecular formula is C16H16F2N2O4S. The maximum absolute atomic E-state index is 13.6. The van der Waals surface area contributed by atoms with Gasteiger partial charge in [-0.3, -0.25) is 10.2 Å². The van der Waals surface area contributed by atoms with E-state index in [1.807, 2.05) is 5.43 Å². The van der Waals surface area contributed by atoms with E-state index in [0.717, 1.165) is 23.8 Å². The van der Waals surface area contributed by atoms with E-state index in [-0.39, 0.29) is 5.56 Å². The number of aryl methyl sites for hydroxylation is 1. The predicted octanol–water partition coefficient (Wildman–Crippen LogP) is 2.30. The van der Waals surface area contributed by atoms with Crippen LogP contribution in [0.25, 0.3) is 0 Å². The van der Waals surface area contributed by atoms with Gasteiger partial charge in [0.25, 0.3) is 15.9 Å². The normalized spacial score (nSPS) is 11.2. The lowest BCUT2D eigenvalue weighted by molar-refractivity contribution is 0.0944. The predicted molar refractivity (Wildman–Crippen MR) is 86.5 cm³/mol. The van der Waals surface area contributed by atoms with Gasteiger partial charge in [-0.05, 0) is 49.7 Å². The Hall–Kier alpha value is -2.52. The second-order valence-corrected chi connectivity index (χ2v) is 6.70. The highest BCUT2D eigenvalue weighted by Gasteiger charge is 2.24. The fourth-order valence-electron chi connectivity index (χ4n) is 2.11. The van der Waals surface area contributed by atoms with Crippen molar-refractivity contribution in [2.45, 2.75) is 18.7 Å². The second-order valence-electron chi connectivity index (χ2n) is 5.08. The van der Waals surface area contributed by atoms with Crippen LogP contribution in [0, 0.1) is 18.6 Å². The summed E-state index contributed by atoms with van der Waals surface area (Å²) < 4.78 is 56.5. The molecule has 0 aliphatic heterocycles. The lowest BCUT2D eigenvalue weighted by Crippen LogP contribution is -2.42. The summed E-state index contributed by atoms with van der Waals surface area (Å²) in [5.41, 5.74) is 2.77. The van der Waals surface area contributed by atoms with Crippen molar-refractivity contribution in [2.24, 2.45) is 0 Å². The molecule has 25 heavy (non-hydrogen) atoms. The van der Waals surface area contributed by atoms with Crippen molar-refractivity contribution in [3.8, 4) is 5.75 Å². The Morgan fingerprint density at radius 3 is 2.40 bits per heavy atom. The highest BCUT2D eigenvalue weighted by molar-refractivity contribution is 7.89. The van der Waals surface area contributed by atoms with Gasteiger partial charge in [0.15, 0.2) is 4.90 Å². The number of halogens is 2. The van der Waals surface area contributed by atoms with Gasteiger partial charge in [-0.15, -0.1) is 4.83 Å². The summed E-state index contributed by atoms with van der Waals surface area (Å²) in [6.45, 7) is 3.90. The Morgan fingerprint density at radius 2 is 1.80 bits per heavy atom. The SMILES string of the molecule is CCOc1cc(C)cc(C(=O)NNS(=O)(=O)c2c(F)cccc2F)c1. The van der Waals surface area contributed by atoms with Gasteiger partial charge in [0.1, 0.15) is 17.4 Å². The van der Waals surface area contributed by atoms with Gasteiger partial charge in [0.05, 0.1) is 6.61 Å². The zero-order valence-corrected chi connectivity index (χ0v) is 14.3. The number of sulfonamides is 1. The fourth-order valence-corrected chi connectivity index (χ4v) is 3.08. The van der Waals surface area contributed by atoms with Crippen LogP contribution in [0.1, 0.15) is 22.8 Å². The van der Waals surface area contributed by atoms with Gasteiger partial charge in [0.2, 0.25) is 0 Å². The van der Waals surface area contributed by atoms with Crippen molar-refractivity contribution in [3.05, 3.63) is 59.2 Å². The van der Waals surface area contributed by atoms with E-state index >= 15 is 0 Å². The molecule has 134 valence electrons. The number of nitrogens with one attached hydrogen (secondary N) is 2. The van der Waals surface area contributed by atoms with Crippen molar-refractivity contribution in [3.63, 3.8) is 0 Å². The molecule has 0 aliphatic carbocycles. The third kappa shape index (κ3) is 4.52. The Labute approximate surface area is 143 Å². The summed E-state index contributed by atoms with van der Waals surface area (Å²) in [6, 6.07) is 7.27. The Kier molecular flexibility index (Phi) is 5.70. The van der Waals surface area contributed by atoms with E-state index in [2.05, 4.69) is 0 Å². The lowest BCUT2D eigenvalue weighted by Gasteiger charge is -2.11. The van der Waals surface area contributed by atoms with E-state index in [4.69, 9.17) is 4.74 Å². The maximum Gasteiger partial charge on any atom is 0.266 e. The molecule has 0 aliphatic rings. The average Bonchev–Trinajstić information content (AvgIpc) is 2.52. The molecule has 6 nitrogen and oxygen atoms in total. The minimum atomic E-state index is -4.62. The molecule has 0 fully saturated rings. The second kappa shape index (κ2) is 7.58. The summed E-state index contributed by atoms with van der Waals surface area (Å²) in [6.07, 6.45) is 0. The van der Waals surface area contributed by atoms with Gasteiger partial charge in [-0.1, -0.05) is 6.07 Å². The molecule has 0 spiro atoms. The largest absolute Gasteiger partial charge is 0.494 e. The minimum absolute atomic E-state index is 0.125. The molecule has 0 aromatic heterocycles. The first-order chi connectivity index (χ1) is 11.7. The zero-order valence-electron chi connectivity index (χ0n) is 13.5. The van der Waals surface area contributed by atoms with E-state index in [1.54, 1.807) is 24.7 Å². The van der Waals surface area contributed by atoms with Crippen molar-refractivity contribution in [2.75, 3.05) is 6.61 Å². The van der Waals surface area contributed by atoms with Gasteiger partial charge in [-0.25, -0.2) is 17.2 Å². The Balaban J connectivity index is 2.19. The maximum atomic E-state index is 13.6.